The fourth-order valence-electron chi connectivity index (χ4n) is 9.32. The fourth-order valence-corrected chi connectivity index (χ4v) is 9.32. The Morgan fingerprint density at radius 1 is 1.09 bits per heavy atom. The van der Waals surface area contributed by atoms with Gasteiger partial charge in [-0.05, 0) is 118 Å². The Balaban J connectivity index is 1.47. The summed E-state index contributed by atoms with van der Waals surface area (Å²) in [7, 11) is 0. The van der Waals surface area contributed by atoms with Crippen LogP contribution in [-0.2, 0) is 9.53 Å². The van der Waals surface area contributed by atoms with Crippen molar-refractivity contribution in [2.45, 2.75) is 125 Å². The molecule has 4 aliphatic carbocycles. The van der Waals surface area contributed by atoms with Crippen LogP contribution in [0.25, 0.3) is 0 Å². The summed E-state index contributed by atoms with van der Waals surface area (Å²) < 4.78 is 5.63. The monoisotopic (exact) mass is 454 g/mol. The molecule has 0 aromatic carbocycles. The molecule has 3 saturated carbocycles. The molecule has 2 heteroatoms. The van der Waals surface area contributed by atoms with Gasteiger partial charge in [-0.3, -0.25) is 4.79 Å². The van der Waals surface area contributed by atoms with Crippen LogP contribution in [0.1, 0.15) is 119 Å². The molecule has 186 valence electrons. The Morgan fingerprint density at radius 2 is 1.85 bits per heavy atom. The first-order valence-electron chi connectivity index (χ1n) is 14.1. The molecule has 0 bridgehead atoms. The smallest absolute Gasteiger partial charge is 0.302 e. The van der Waals surface area contributed by atoms with Crippen LogP contribution in [0, 0.1) is 40.4 Å². The van der Waals surface area contributed by atoms with Crippen LogP contribution >= 0.6 is 0 Å². The number of esters is 1. The molecular formula is C31H50O2. The van der Waals surface area contributed by atoms with E-state index in [-0.39, 0.29) is 12.1 Å². The molecule has 4 rings (SSSR count). The zero-order valence-corrected chi connectivity index (χ0v) is 22.6. The average molecular weight is 455 g/mol. The van der Waals surface area contributed by atoms with Gasteiger partial charge >= 0.3 is 5.97 Å². The molecule has 0 aliphatic heterocycles. The van der Waals surface area contributed by atoms with Crippen molar-refractivity contribution < 1.29 is 9.53 Å². The van der Waals surface area contributed by atoms with Crippen LogP contribution in [0.3, 0.4) is 0 Å². The maximum absolute atomic E-state index is 11.5. The molecular weight excluding hydrogens is 404 g/mol. The highest BCUT2D eigenvalue weighted by molar-refractivity contribution is 5.66. The number of hydrogen-bond donors (Lipinski definition) is 0. The lowest BCUT2D eigenvalue weighted by molar-refractivity contribution is -0.148. The van der Waals surface area contributed by atoms with E-state index in [9.17, 15) is 4.79 Å². The van der Waals surface area contributed by atoms with Crippen molar-refractivity contribution >= 4 is 5.97 Å². The molecule has 0 heterocycles. The van der Waals surface area contributed by atoms with Crippen LogP contribution in [0.2, 0.25) is 0 Å². The van der Waals surface area contributed by atoms with Crippen LogP contribution in [0.4, 0.5) is 0 Å². The molecule has 0 aromatic rings. The topological polar surface area (TPSA) is 26.3 Å². The number of carbonyl (C=O) groups excluding carboxylic acids is 1. The van der Waals surface area contributed by atoms with Crippen molar-refractivity contribution in [3.05, 3.63) is 22.8 Å². The largest absolute Gasteiger partial charge is 0.462 e. The zero-order valence-electron chi connectivity index (χ0n) is 22.6. The lowest BCUT2D eigenvalue weighted by atomic mass is 9.47. The van der Waals surface area contributed by atoms with E-state index in [0.717, 1.165) is 42.4 Å². The maximum atomic E-state index is 11.5. The number of allylic oxidation sites excluding steroid dienone is 3. The van der Waals surface area contributed by atoms with Gasteiger partial charge in [0.15, 0.2) is 0 Å². The van der Waals surface area contributed by atoms with Crippen molar-refractivity contribution in [1.29, 1.82) is 0 Å². The number of hydrogen-bond acceptors (Lipinski definition) is 2. The molecule has 0 aromatic heterocycles. The Labute approximate surface area is 204 Å². The normalized spacial score (nSPS) is 40.7. The molecule has 0 saturated heterocycles. The lowest BCUT2D eigenvalue weighted by Crippen LogP contribution is -2.51. The summed E-state index contributed by atoms with van der Waals surface area (Å²) in [5, 5.41) is 0. The van der Waals surface area contributed by atoms with Crippen molar-refractivity contribution in [2.24, 2.45) is 40.4 Å². The van der Waals surface area contributed by atoms with Gasteiger partial charge in [0.2, 0.25) is 0 Å². The summed E-state index contributed by atoms with van der Waals surface area (Å²) >= 11 is 0. The summed E-state index contributed by atoms with van der Waals surface area (Å²) in [5.41, 5.74) is 5.72. The summed E-state index contributed by atoms with van der Waals surface area (Å²) in [6.07, 6.45) is 16.8. The number of carbonyl (C=O) groups is 1. The van der Waals surface area contributed by atoms with Gasteiger partial charge in [0.25, 0.3) is 0 Å². The highest BCUT2D eigenvalue weighted by atomic mass is 16.5. The van der Waals surface area contributed by atoms with E-state index in [0.29, 0.717) is 10.8 Å². The first-order chi connectivity index (χ1) is 15.6. The summed E-state index contributed by atoms with van der Waals surface area (Å²) in [4.78, 5) is 11.5. The van der Waals surface area contributed by atoms with Gasteiger partial charge in [0, 0.05) is 13.3 Å². The van der Waals surface area contributed by atoms with Gasteiger partial charge in [0.05, 0.1) is 0 Å². The van der Waals surface area contributed by atoms with E-state index in [2.05, 4.69) is 47.6 Å². The second kappa shape index (κ2) is 9.54. The summed E-state index contributed by atoms with van der Waals surface area (Å²) in [5.74, 6) is 4.22. The van der Waals surface area contributed by atoms with Crippen LogP contribution in [0.15, 0.2) is 22.8 Å². The third-order valence-corrected chi connectivity index (χ3v) is 11.2. The van der Waals surface area contributed by atoms with E-state index in [1.807, 2.05) is 0 Å². The quantitative estimate of drug-likeness (QED) is 0.296. The third-order valence-electron chi connectivity index (χ3n) is 11.2. The Kier molecular flexibility index (Phi) is 7.24. The molecule has 0 N–H and O–H groups in total. The minimum Gasteiger partial charge on any atom is -0.462 e. The van der Waals surface area contributed by atoms with E-state index in [1.165, 1.54) is 57.8 Å². The molecule has 8 atom stereocenters. The van der Waals surface area contributed by atoms with Crippen molar-refractivity contribution in [3.8, 4) is 0 Å². The first-order valence-corrected chi connectivity index (χ1v) is 14.1. The first kappa shape index (κ1) is 25.1. The molecule has 4 aliphatic rings. The Bertz CT molecular complexity index is 802. The fraction of sp³-hybridized carbons (Fsp3) is 0.839. The SMILES string of the molecule is CCC(CCC(C)C1CCC2C3CC=C4CC(OC(C)=O)CCC4(C)C3CCC12C)=C(C)C. The van der Waals surface area contributed by atoms with E-state index in [4.69, 9.17) is 4.74 Å². The van der Waals surface area contributed by atoms with Crippen molar-refractivity contribution in [1.82, 2.24) is 0 Å². The highest BCUT2D eigenvalue weighted by Crippen LogP contribution is 2.67. The molecule has 2 nitrogen and oxygen atoms in total. The summed E-state index contributed by atoms with van der Waals surface area (Å²) in [6.45, 7) is 16.3. The molecule has 8 unspecified atom stereocenters. The number of fused-ring (bicyclic) bond motifs is 5. The van der Waals surface area contributed by atoms with Crippen molar-refractivity contribution in [2.75, 3.05) is 0 Å². The van der Waals surface area contributed by atoms with Gasteiger partial charge in [-0.1, -0.05) is 50.5 Å². The second-order valence-electron chi connectivity index (χ2n) is 12.9. The predicted octanol–water partition coefficient (Wildman–Crippen LogP) is 8.66. The highest BCUT2D eigenvalue weighted by Gasteiger charge is 2.59. The predicted molar refractivity (Wildman–Crippen MR) is 138 cm³/mol. The van der Waals surface area contributed by atoms with Gasteiger partial charge < -0.3 is 4.74 Å². The Hall–Kier alpha value is -1.05. The molecule has 0 spiro atoms. The minimum atomic E-state index is -0.118. The van der Waals surface area contributed by atoms with Crippen LogP contribution < -0.4 is 0 Å². The van der Waals surface area contributed by atoms with Gasteiger partial charge in [-0.15, -0.1) is 0 Å². The van der Waals surface area contributed by atoms with Gasteiger partial charge in [0.1, 0.15) is 6.10 Å². The second-order valence-corrected chi connectivity index (χ2v) is 12.9. The van der Waals surface area contributed by atoms with Gasteiger partial charge in [-0.25, -0.2) is 0 Å². The minimum absolute atomic E-state index is 0.109. The van der Waals surface area contributed by atoms with Crippen LogP contribution in [-0.4, -0.2) is 12.1 Å². The molecule has 33 heavy (non-hydrogen) atoms. The van der Waals surface area contributed by atoms with E-state index in [1.54, 1.807) is 23.6 Å². The Morgan fingerprint density at radius 3 is 2.52 bits per heavy atom. The standard InChI is InChI=1S/C31H50O2/c1-8-23(20(2)3)10-9-21(4)27-13-14-28-26-12-11-24-19-25(33-22(5)32)15-17-30(24,6)29(26)16-18-31(27,28)7/h11,21,25-29H,8-10,12-19H2,1-7H3. The average Bonchev–Trinajstić information content (AvgIpc) is 3.11. The van der Waals surface area contributed by atoms with E-state index >= 15 is 0 Å². The summed E-state index contributed by atoms with van der Waals surface area (Å²) in [6, 6.07) is 0. The van der Waals surface area contributed by atoms with Crippen molar-refractivity contribution in [3.63, 3.8) is 0 Å². The lowest BCUT2D eigenvalue weighted by Gasteiger charge is -2.58. The zero-order chi connectivity index (χ0) is 24.0. The van der Waals surface area contributed by atoms with Crippen LogP contribution in [0.5, 0.6) is 0 Å². The molecule has 0 amide bonds. The van der Waals surface area contributed by atoms with Gasteiger partial charge in [-0.2, -0.15) is 0 Å². The van der Waals surface area contributed by atoms with E-state index < -0.39 is 0 Å². The molecule has 3 fully saturated rings. The maximum Gasteiger partial charge on any atom is 0.302 e. The number of rotatable bonds is 6. The third kappa shape index (κ3) is 4.50. The number of ether oxygens (including phenoxy) is 1. The molecule has 0 radical (unpaired) electrons.